The van der Waals surface area contributed by atoms with E-state index in [2.05, 4.69) is 15.0 Å². The van der Waals surface area contributed by atoms with Crippen molar-refractivity contribution in [3.63, 3.8) is 0 Å². The molecule has 2 aliphatic rings. The van der Waals surface area contributed by atoms with Crippen LogP contribution in [0.25, 0.3) is 11.2 Å². The quantitative estimate of drug-likeness (QED) is 0.169. The molecule has 2 fully saturated rings. The number of imidazole rings is 1. The van der Waals surface area contributed by atoms with Crippen LogP contribution in [0.5, 0.6) is 0 Å². The zero-order valence-electron chi connectivity index (χ0n) is 24.6. The van der Waals surface area contributed by atoms with Gasteiger partial charge in [0.1, 0.15) is 29.6 Å². The minimum atomic E-state index is -4.56. The molecule has 0 saturated carbocycles. The van der Waals surface area contributed by atoms with Gasteiger partial charge in [-0.3, -0.25) is 4.57 Å². The molecule has 2 saturated heterocycles. The number of fused-ring (bicyclic) bond motifs is 2. The van der Waals surface area contributed by atoms with Crippen molar-refractivity contribution in [1.29, 1.82) is 0 Å². The van der Waals surface area contributed by atoms with Crippen molar-refractivity contribution in [3.8, 4) is 0 Å². The van der Waals surface area contributed by atoms with Crippen molar-refractivity contribution >= 4 is 33.1 Å². The lowest BCUT2D eigenvalue weighted by Gasteiger charge is -2.42. The molecule has 0 unspecified atom stereocenters. The summed E-state index contributed by atoms with van der Waals surface area (Å²) >= 11 is 6.25. The number of aromatic nitrogens is 4. The molecule has 5 aromatic rings. The zero-order chi connectivity index (χ0) is 31.4. The van der Waals surface area contributed by atoms with Crippen LogP contribution in [0.3, 0.4) is 0 Å². The van der Waals surface area contributed by atoms with Gasteiger partial charge < -0.3 is 14.2 Å². The fourth-order valence-corrected chi connectivity index (χ4v) is 7.64. The van der Waals surface area contributed by atoms with Gasteiger partial charge in [-0.05, 0) is 30.5 Å². The van der Waals surface area contributed by atoms with Gasteiger partial charge in [-0.15, -0.1) is 0 Å². The Balaban J connectivity index is 1.31. The predicted octanol–water partition coefficient (Wildman–Crippen LogP) is 5.04. The fourth-order valence-electron chi connectivity index (χ4n) is 6.29. The van der Waals surface area contributed by atoms with E-state index in [0.29, 0.717) is 11.2 Å². The Morgan fingerprint density at radius 2 is 1.38 bits per heavy atom. The lowest BCUT2D eigenvalue weighted by atomic mass is 9.77. The van der Waals surface area contributed by atoms with E-state index in [9.17, 15) is 8.42 Å². The van der Waals surface area contributed by atoms with Gasteiger partial charge >= 0.3 is 10.3 Å². The van der Waals surface area contributed by atoms with Crippen molar-refractivity contribution in [2.45, 2.75) is 49.9 Å². The molecule has 4 heterocycles. The van der Waals surface area contributed by atoms with Crippen molar-refractivity contribution in [3.05, 3.63) is 125 Å². The lowest BCUT2D eigenvalue weighted by Crippen LogP contribution is -2.50. The summed E-state index contributed by atoms with van der Waals surface area (Å²) in [5, 5.41) is 0.174. The highest BCUT2D eigenvalue weighted by Gasteiger charge is 2.59. The SMILES string of the molecule is CN(C(c1ccccc1)(c1ccccc1)c1ccccc1)S(=O)(=O)O[C@H]1O[C@@H](n2cnc3c(Cl)ncnc32)[C@@H]2OC(C)(C)O[C@@H]12. The third kappa shape index (κ3) is 5.03. The summed E-state index contributed by atoms with van der Waals surface area (Å²) in [6, 6.07) is 28.3. The molecule has 11 nitrogen and oxygen atoms in total. The first kappa shape index (κ1) is 29.9. The number of halogens is 1. The third-order valence-corrected chi connectivity index (χ3v) is 9.83. The smallest absolute Gasteiger partial charge is 0.340 e. The van der Waals surface area contributed by atoms with E-state index in [4.69, 9.17) is 30.0 Å². The standard InChI is InChI=1S/C32H30ClN5O6S/c1-31(2)42-25-26(43-31)30(41-29(25)38-20-36-24-27(33)34-19-35-28(24)38)44-45(39,40)37(3)32(21-13-7-4-8-14-21,22-15-9-5-10-16-22)23-17-11-6-12-18-23/h4-20,25-26,29-30H,1-3H3/t25-,26-,29-,30-/m1/s1. The Kier molecular flexibility index (Phi) is 7.48. The van der Waals surface area contributed by atoms with E-state index in [1.165, 1.54) is 24.0 Å². The average molecular weight is 648 g/mol. The molecule has 0 bridgehead atoms. The predicted molar refractivity (Wildman–Crippen MR) is 165 cm³/mol. The van der Waals surface area contributed by atoms with Crippen LogP contribution in [-0.2, 0) is 34.2 Å². The third-order valence-electron chi connectivity index (χ3n) is 8.17. The van der Waals surface area contributed by atoms with E-state index < -0.39 is 46.4 Å². The maximum Gasteiger partial charge on any atom is 0.342 e. The van der Waals surface area contributed by atoms with E-state index in [0.717, 1.165) is 16.7 Å². The van der Waals surface area contributed by atoms with E-state index in [1.807, 2.05) is 91.0 Å². The van der Waals surface area contributed by atoms with E-state index >= 15 is 0 Å². The Hall–Kier alpha value is -3.75. The van der Waals surface area contributed by atoms with Gasteiger partial charge in [-0.2, -0.15) is 12.7 Å². The number of hydrogen-bond acceptors (Lipinski definition) is 9. The normalized spacial score (nSPS) is 23.0. The summed E-state index contributed by atoms with van der Waals surface area (Å²) in [6.45, 7) is 3.49. The molecule has 0 spiro atoms. The summed E-state index contributed by atoms with van der Waals surface area (Å²) in [4.78, 5) is 12.6. The maximum atomic E-state index is 14.5. The van der Waals surface area contributed by atoms with Gasteiger partial charge in [-0.25, -0.2) is 19.1 Å². The molecular weight excluding hydrogens is 618 g/mol. The van der Waals surface area contributed by atoms with Crippen LogP contribution in [0.2, 0.25) is 5.15 Å². The number of benzene rings is 3. The second-order valence-electron chi connectivity index (χ2n) is 11.3. The second kappa shape index (κ2) is 11.2. The van der Waals surface area contributed by atoms with Gasteiger partial charge in [0.25, 0.3) is 0 Å². The van der Waals surface area contributed by atoms with Crippen LogP contribution in [0.15, 0.2) is 104 Å². The zero-order valence-corrected chi connectivity index (χ0v) is 26.2. The maximum absolute atomic E-state index is 14.5. The molecule has 0 radical (unpaired) electrons. The lowest BCUT2D eigenvalue weighted by molar-refractivity contribution is -0.224. The van der Waals surface area contributed by atoms with Crippen LogP contribution in [0.1, 0.15) is 36.8 Å². The molecule has 3 aromatic carbocycles. The highest BCUT2D eigenvalue weighted by molar-refractivity contribution is 7.84. The Labute approximate surface area is 265 Å². The molecule has 4 atom stereocenters. The number of nitrogens with zero attached hydrogens (tertiary/aromatic N) is 5. The molecule has 0 amide bonds. The summed E-state index contributed by atoms with van der Waals surface area (Å²) in [5.41, 5.74) is 1.63. The molecule has 232 valence electrons. The first-order valence-corrected chi connectivity index (χ1v) is 16.0. The average Bonchev–Trinajstić information content (AvgIpc) is 3.71. The van der Waals surface area contributed by atoms with Crippen LogP contribution in [0.4, 0.5) is 0 Å². The summed E-state index contributed by atoms with van der Waals surface area (Å²) < 4.78 is 56.5. The topological polar surface area (TPSA) is 118 Å². The second-order valence-corrected chi connectivity index (χ2v) is 13.2. The molecule has 0 aliphatic carbocycles. The molecular formula is C32H30ClN5O6S. The minimum Gasteiger partial charge on any atom is -0.340 e. The van der Waals surface area contributed by atoms with Crippen molar-refractivity contribution in [1.82, 2.24) is 23.8 Å². The van der Waals surface area contributed by atoms with Gasteiger partial charge in [0.2, 0.25) is 6.29 Å². The Morgan fingerprint density at radius 1 is 0.844 bits per heavy atom. The van der Waals surface area contributed by atoms with Crippen LogP contribution < -0.4 is 0 Å². The van der Waals surface area contributed by atoms with Crippen LogP contribution >= 0.6 is 11.6 Å². The van der Waals surface area contributed by atoms with Gasteiger partial charge in [0.15, 0.2) is 22.8 Å². The number of rotatable bonds is 8. The van der Waals surface area contributed by atoms with Crippen molar-refractivity contribution < 1.29 is 26.8 Å². The molecule has 2 aromatic heterocycles. The van der Waals surface area contributed by atoms with Gasteiger partial charge in [0, 0.05) is 7.05 Å². The summed E-state index contributed by atoms with van der Waals surface area (Å²) in [7, 11) is -3.06. The van der Waals surface area contributed by atoms with E-state index in [1.54, 1.807) is 18.4 Å². The number of ether oxygens (including phenoxy) is 3. The van der Waals surface area contributed by atoms with Crippen LogP contribution in [-0.4, -0.2) is 63.6 Å². The van der Waals surface area contributed by atoms with Crippen molar-refractivity contribution in [2.75, 3.05) is 7.05 Å². The minimum absolute atomic E-state index is 0.174. The highest BCUT2D eigenvalue weighted by atomic mass is 35.5. The summed E-state index contributed by atoms with van der Waals surface area (Å²) in [5.74, 6) is -1.04. The van der Waals surface area contributed by atoms with Gasteiger partial charge in [0.05, 0.1) is 6.33 Å². The largest absolute Gasteiger partial charge is 0.342 e. The molecule has 2 aliphatic heterocycles. The highest BCUT2D eigenvalue weighted by Crippen LogP contribution is 2.47. The van der Waals surface area contributed by atoms with Crippen molar-refractivity contribution in [2.24, 2.45) is 0 Å². The number of hydrogen-bond donors (Lipinski definition) is 0. The molecule has 45 heavy (non-hydrogen) atoms. The van der Waals surface area contributed by atoms with Gasteiger partial charge in [-0.1, -0.05) is 103 Å². The monoisotopic (exact) mass is 647 g/mol. The Morgan fingerprint density at radius 3 is 1.93 bits per heavy atom. The van der Waals surface area contributed by atoms with Crippen LogP contribution in [0, 0.1) is 0 Å². The summed E-state index contributed by atoms with van der Waals surface area (Å²) in [6.07, 6.45) is -1.10. The van der Waals surface area contributed by atoms with E-state index in [-0.39, 0.29) is 5.15 Å². The molecule has 7 rings (SSSR count). The Bertz CT molecular complexity index is 1830. The molecule has 0 N–H and O–H groups in total. The fraction of sp³-hybridized carbons (Fsp3) is 0.281. The first-order chi connectivity index (χ1) is 21.6. The first-order valence-electron chi connectivity index (χ1n) is 14.3. The molecule has 13 heteroatoms.